The van der Waals surface area contributed by atoms with Crippen molar-refractivity contribution in [3.63, 3.8) is 0 Å². The third kappa shape index (κ3) is 2.35. The summed E-state index contributed by atoms with van der Waals surface area (Å²) in [6.45, 7) is 0. The third-order valence-corrected chi connectivity index (χ3v) is 3.09. The molecule has 0 unspecified atom stereocenters. The lowest BCUT2D eigenvalue weighted by molar-refractivity contribution is 0.628. The van der Waals surface area contributed by atoms with Crippen LogP contribution in [-0.2, 0) is 0 Å². The summed E-state index contributed by atoms with van der Waals surface area (Å²) >= 11 is 5.76. The highest BCUT2D eigenvalue weighted by Crippen LogP contribution is 2.26. The number of aromatic nitrogens is 2. The summed E-state index contributed by atoms with van der Waals surface area (Å²) in [7, 11) is 0. The van der Waals surface area contributed by atoms with Crippen molar-refractivity contribution < 1.29 is 4.39 Å². The average Bonchev–Trinajstić information content (AvgIpc) is 2.43. The van der Waals surface area contributed by atoms with Gasteiger partial charge in [-0.2, -0.15) is 4.98 Å². The minimum absolute atomic E-state index is 0.0429. The van der Waals surface area contributed by atoms with E-state index in [0.717, 1.165) is 10.9 Å². The number of rotatable bonds is 2. The fourth-order valence-electron chi connectivity index (χ4n) is 1.90. The molecule has 20 heavy (non-hydrogen) atoms. The number of nitrogens with zero attached hydrogens (tertiary/aromatic N) is 2. The van der Waals surface area contributed by atoms with Crippen LogP contribution in [0.1, 0.15) is 0 Å². The van der Waals surface area contributed by atoms with Crippen LogP contribution in [-0.4, -0.2) is 9.97 Å². The molecule has 0 amide bonds. The van der Waals surface area contributed by atoms with Crippen LogP contribution >= 0.6 is 11.6 Å². The maximum absolute atomic E-state index is 13.1. The van der Waals surface area contributed by atoms with Crippen molar-refractivity contribution in [1.82, 2.24) is 9.97 Å². The van der Waals surface area contributed by atoms with Crippen molar-refractivity contribution in [2.45, 2.75) is 0 Å². The molecule has 0 spiro atoms. The molecule has 4 nitrogen and oxygen atoms in total. The quantitative estimate of drug-likeness (QED) is 0.754. The molecular weight excluding hydrogens is 279 g/mol. The van der Waals surface area contributed by atoms with Crippen LogP contribution in [0.4, 0.5) is 21.8 Å². The largest absolute Gasteiger partial charge is 0.368 e. The van der Waals surface area contributed by atoms with Crippen LogP contribution in [0.15, 0.2) is 42.5 Å². The minimum atomic E-state index is -0.468. The maximum Gasteiger partial charge on any atom is 0.222 e. The number of nitrogen functional groups attached to an aromatic ring is 1. The molecule has 0 bridgehead atoms. The SMILES string of the molecule is Nc1nc(Nc2ccc(F)c(Cl)c2)c2ccccc2n1. The molecule has 0 saturated carbocycles. The van der Waals surface area contributed by atoms with Crippen LogP contribution in [0.5, 0.6) is 0 Å². The van der Waals surface area contributed by atoms with E-state index >= 15 is 0 Å². The van der Waals surface area contributed by atoms with Crippen molar-refractivity contribution in [2.24, 2.45) is 0 Å². The minimum Gasteiger partial charge on any atom is -0.368 e. The number of nitrogens with two attached hydrogens (primary N) is 1. The first kappa shape index (κ1) is 12.6. The Morgan fingerprint density at radius 2 is 1.90 bits per heavy atom. The average molecular weight is 289 g/mol. The van der Waals surface area contributed by atoms with Gasteiger partial charge in [0.25, 0.3) is 0 Å². The van der Waals surface area contributed by atoms with Gasteiger partial charge in [-0.05, 0) is 30.3 Å². The number of para-hydroxylation sites is 1. The van der Waals surface area contributed by atoms with Crippen molar-refractivity contribution in [3.8, 4) is 0 Å². The Hall–Kier alpha value is -2.40. The van der Waals surface area contributed by atoms with E-state index in [4.69, 9.17) is 17.3 Å². The van der Waals surface area contributed by atoms with Gasteiger partial charge in [0.15, 0.2) is 0 Å². The van der Waals surface area contributed by atoms with Crippen LogP contribution in [0.2, 0.25) is 5.02 Å². The predicted molar refractivity (Wildman–Crippen MR) is 78.6 cm³/mol. The van der Waals surface area contributed by atoms with E-state index in [1.165, 1.54) is 12.1 Å². The summed E-state index contributed by atoms with van der Waals surface area (Å²) in [5.41, 5.74) is 7.04. The second kappa shape index (κ2) is 4.94. The van der Waals surface area contributed by atoms with Crippen molar-refractivity contribution in [2.75, 3.05) is 11.1 Å². The number of hydrogen-bond donors (Lipinski definition) is 2. The summed E-state index contributed by atoms with van der Waals surface area (Å²) in [5.74, 6) is 0.249. The highest BCUT2D eigenvalue weighted by Gasteiger charge is 2.07. The van der Waals surface area contributed by atoms with Gasteiger partial charge in [-0.3, -0.25) is 0 Å². The highest BCUT2D eigenvalue weighted by molar-refractivity contribution is 6.31. The van der Waals surface area contributed by atoms with E-state index in [-0.39, 0.29) is 11.0 Å². The van der Waals surface area contributed by atoms with Gasteiger partial charge in [-0.25, -0.2) is 9.37 Å². The lowest BCUT2D eigenvalue weighted by Crippen LogP contribution is -2.01. The van der Waals surface area contributed by atoms with Gasteiger partial charge in [-0.15, -0.1) is 0 Å². The third-order valence-electron chi connectivity index (χ3n) is 2.80. The Labute approximate surface area is 119 Å². The molecule has 0 fully saturated rings. The molecule has 6 heteroatoms. The van der Waals surface area contributed by atoms with Crippen LogP contribution in [0.25, 0.3) is 10.9 Å². The molecule has 1 heterocycles. The number of nitrogens with one attached hydrogen (secondary N) is 1. The van der Waals surface area contributed by atoms with Gasteiger partial charge < -0.3 is 11.1 Å². The molecule has 1 aromatic heterocycles. The fourth-order valence-corrected chi connectivity index (χ4v) is 2.08. The molecule has 0 radical (unpaired) electrons. The van der Waals surface area contributed by atoms with Gasteiger partial charge in [0, 0.05) is 11.1 Å². The monoisotopic (exact) mass is 288 g/mol. The first-order chi connectivity index (χ1) is 9.63. The number of fused-ring (bicyclic) bond motifs is 1. The first-order valence-electron chi connectivity index (χ1n) is 5.88. The topological polar surface area (TPSA) is 63.8 Å². The van der Waals surface area contributed by atoms with Crippen LogP contribution in [0.3, 0.4) is 0 Å². The molecule has 0 aliphatic carbocycles. The van der Waals surface area contributed by atoms with Crippen molar-refractivity contribution in [3.05, 3.63) is 53.3 Å². The summed E-state index contributed by atoms with van der Waals surface area (Å²) < 4.78 is 13.1. The van der Waals surface area contributed by atoms with Gasteiger partial charge in [0.2, 0.25) is 5.95 Å². The Balaban J connectivity index is 2.07. The van der Waals surface area contributed by atoms with E-state index in [1.807, 2.05) is 24.3 Å². The number of benzene rings is 2. The molecule has 3 aromatic rings. The van der Waals surface area contributed by atoms with E-state index in [2.05, 4.69) is 15.3 Å². The first-order valence-corrected chi connectivity index (χ1v) is 6.25. The van der Waals surface area contributed by atoms with Crippen LogP contribution in [0, 0.1) is 5.82 Å². The van der Waals surface area contributed by atoms with Crippen molar-refractivity contribution in [1.29, 1.82) is 0 Å². The predicted octanol–water partition coefficient (Wildman–Crippen LogP) is 3.75. The Morgan fingerprint density at radius 3 is 2.70 bits per heavy atom. The lowest BCUT2D eigenvalue weighted by Gasteiger charge is -2.09. The molecule has 0 atom stereocenters. The number of anilines is 3. The summed E-state index contributed by atoms with van der Waals surface area (Å²) in [6.07, 6.45) is 0. The smallest absolute Gasteiger partial charge is 0.222 e. The lowest BCUT2D eigenvalue weighted by atomic mass is 10.2. The molecule has 0 aliphatic heterocycles. The standard InChI is InChI=1S/C14H10ClFN4/c15-10-7-8(5-6-11(10)16)18-13-9-3-1-2-4-12(9)19-14(17)20-13/h1-7H,(H3,17,18,19,20). The summed E-state index contributed by atoms with van der Waals surface area (Å²) in [4.78, 5) is 8.32. The summed E-state index contributed by atoms with van der Waals surface area (Å²) in [5, 5.41) is 3.94. The van der Waals surface area contributed by atoms with Gasteiger partial charge in [-0.1, -0.05) is 23.7 Å². The van der Waals surface area contributed by atoms with Gasteiger partial charge >= 0.3 is 0 Å². The van der Waals surface area contributed by atoms with Crippen molar-refractivity contribution >= 4 is 40.0 Å². The molecule has 100 valence electrons. The van der Waals surface area contributed by atoms with Gasteiger partial charge in [0.1, 0.15) is 11.6 Å². The fraction of sp³-hybridized carbons (Fsp3) is 0. The zero-order valence-corrected chi connectivity index (χ0v) is 11.0. The van der Waals surface area contributed by atoms with E-state index in [1.54, 1.807) is 6.07 Å². The zero-order valence-electron chi connectivity index (χ0n) is 10.3. The zero-order chi connectivity index (χ0) is 14.1. The Bertz CT molecular complexity index is 791. The van der Waals surface area contributed by atoms with E-state index in [0.29, 0.717) is 11.5 Å². The maximum atomic E-state index is 13.1. The van der Waals surface area contributed by atoms with E-state index in [9.17, 15) is 4.39 Å². The molecule has 0 aliphatic rings. The Kier molecular flexibility index (Phi) is 3.12. The molecule has 3 N–H and O–H groups in total. The molecule has 3 rings (SSSR count). The molecular formula is C14H10ClFN4. The molecule has 0 saturated heterocycles. The number of halogens is 2. The van der Waals surface area contributed by atoms with Crippen LogP contribution < -0.4 is 11.1 Å². The second-order valence-corrected chi connectivity index (χ2v) is 4.61. The van der Waals surface area contributed by atoms with E-state index < -0.39 is 5.82 Å². The second-order valence-electron chi connectivity index (χ2n) is 4.20. The van der Waals surface area contributed by atoms with Gasteiger partial charge in [0.05, 0.1) is 10.5 Å². The number of hydrogen-bond acceptors (Lipinski definition) is 4. The highest BCUT2D eigenvalue weighted by atomic mass is 35.5. The Morgan fingerprint density at radius 1 is 1.10 bits per heavy atom. The molecule has 2 aromatic carbocycles. The normalized spacial score (nSPS) is 10.7. The summed E-state index contributed by atoms with van der Waals surface area (Å²) in [6, 6.07) is 11.8.